The maximum Gasteiger partial charge on any atom is 0.325 e. The molecule has 0 spiro atoms. The third-order valence-corrected chi connectivity index (χ3v) is 8.28. The fourth-order valence-electron chi connectivity index (χ4n) is 1.27. The second-order valence-electron chi connectivity index (χ2n) is 6.84. The number of hydrogen-bond donors (Lipinski definition) is 1. The molecule has 0 amide bonds. The van der Waals surface area contributed by atoms with Crippen LogP contribution in [0.3, 0.4) is 0 Å². The topological polar surface area (TPSA) is 47.6 Å². The molecule has 20 heavy (non-hydrogen) atoms. The average molecular weight is 302 g/mol. The molecule has 0 heterocycles. The summed E-state index contributed by atoms with van der Waals surface area (Å²) >= 11 is 0. The van der Waals surface area contributed by atoms with E-state index in [9.17, 15) is 4.79 Å². The van der Waals surface area contributed by atoms with Crippen LogP contribution in [0.5, 0.6) is 0 Å². The number of hydrogen-bond acceptors (Lipinski definition) is 4. The van der Waals surface area contributed by atoms with Crippen LogP contribution >= 0.6 is 0 Å². The van der Waals surface area contributed by atoms with E-state index in [1.165, 1.54) is 12.7 Å². The highest BCUT2D eigenvalue weighted by Crippen LogP contribution is 2.36. The zero-order valence-electron chi connectivity index (χ0n) is 14.3. The highest BCUT2D eigenvalue weighted by atomic mass is 28.4. The Hall–Kier alpha value is -0.653. The van der Waals surface area contributed by atoms with Gasteiger partial charge in [0.2, 0.25) is 0 Å². The Balaban J connectivity index is 4.60. The molecule has 0 aromatic heterocycles. The van der Waals surface area contributed by atoms with Gasteiger partial charge in [-0.15, -0.1) is 0 Å². The van der Waals surface area contributed by atoms with Crippen molar-refractivity contribution in [3.05, 3.63) is 11.6 Å². The van der Waals surface area contributed by atoms with Crippen LogP contribution in [0.4, 0.5) is 0 Å². The lowest BCUT2D eigenvalue weighted by molar-refractivity contribution is -0.143. The minimum absolute atomic E-state index is 0.133. The maximum atomic E-state index is 11.8. The predicted octanol–water partition coefficient (Wildman–Crippen LogP) is 3.11. The van der Waals surface area contributed by atoms with Crippen molar-refractivity contribution in [2.45, 2.75) is 58.8 Å². The third kappa shape index (κ3) is 6.68. The van der Waals surface area contributed by atoms with Crippen LogP contribution in [0.25, 0.3) is 0 Å². The Kier molecular flexibility index (Phi) is 7.69. The van der Waals surface area contributed by atoms with Gasteiger partial charge in [0.05, 0.1) is 13.7 Å². The molecule has 0 aliphatic carbocycles. The molecule has 0 aromatic rings. The normalized spacial score (nSPS) is 13.8. The average Bonchev–Trinajstić information content (AvgIpc) is 2.30. The van der Waals surface area contributed by atoms with Gasteiger partial charge in [-0.3, -0.25) is 10.1 Å². The van der Waals surface area contributed by atoms with Crippen LogP contribution in [0.2, 0.25) is 18.1 Å². The van der Waals surface area contributed by atoms with Crippen molar-refractivity contribution < 1.29 is 14.0 Å². The number of allylic oxidation sites excluding steroid dienone is 1. The number of carbonyl (C=O) groups excluding carboxylic acids is 1. The summed E-state index contributed by atoms with van der Waals surface area (Å²) < 4.78 is 10.9. The Labute approximate surface area is 125 Å². The van der Waals surface area contributed by atoms with E-state index in [-0.39, 0.29) is 11.0 Å². The van der Waals surface area contributed by atoms with Crippen molar-refractivity contribution in [3.63, 3.8) is 0 Å². The lowest BCUT2D eigenvalue weighted by Gasteiger charge is -2.37. The zero-order valence-corrected chi connectivity index (χ0v) is 15.3. The van der Waals surface area contributed by atoms with Crippen LogP contribution in [0.1, 0.15) is 34.6 Å². The molecule has 0 radical (unpaired) electrons. The first kappa shape index (κ1) is 19.3. The summed E-state index contributed by atoms with van der Waals surface area (Å²) in [5, 5.41) is 3.30. The monoisotopic (exact) mass is 301 g/mol. The fraction of sp³-hybridized carbons (Fsp3) is 0.800. The van der Waals surface area contributed by atoms with E-state index in [2.05, 4.69) is 39.2 Å². The molecular formula is C15H31NO3Si. The van der Waals surface area contributed by atoms with Crippen LogP contribution in [0, 0.1) is 0 Å². The fourth-order valence-corrected chi connectivity index (χ4v) is 2.28. The Morgan fingerprint density at radius 2 is 1.85 bits per heavy atom. The molecule has 0 aliphatic heterocycles. The van der Waals surface area contributed by atoms with Gasteiger partial charge in [0.25, 0.3) is 0 Å². The van der Waals surface area contributed by atoms with E-state index in [4.69, 9.17) is 9.16 Å². The summed E-state index contributed by atoms with van der Waals surface area (Å²) in [6.07, 6.45) is 2.04. The number of carbonyl (C=O) groups is 1. The van der Waals surface area contributed by atoms with E-state index in [0.29, 0.717) is 13.2 Å². The first-order valence-electron chi connectivity index (χ1n) is 7.10. The minimum Gasteiger partial charge on any atom is -0.468 e. The van der Waals surface area contributed by atoms with E-state index < -0.39 is 14.4 Å². The van der Waals surface area contributed by atoms with Crippen molar-refractivity contribution in [1.29, 1.82) is 0 Å². The number of rotatable bonds is 7. The van der Waals surface area contributed by atoms with Gasteiger partial charge in [-0.2, -0.15) is 0 Å². The van der Waals surface area contributed by atoms with E-state index in [1.54, 1.807) is 0 Å². The summed E-state index contributed by atoms with van der Waals surface area (Å²) in [7, 11) is -0.444. The van der Waals surface area contributed by atoms with Crippen LogP contribution in [-0.2, 0) is 14.0 Å². The van der Waals surface area contributed by atoms with Crippen molar-refractivity contribution in [3.8, 4) is 0 Å². The molecule has 118 valence electrons. The highest BCUT2D eigenvalue weighted by Gasteiger charge is 2.38. The molecule has 0 aromatic carbocycles. The maximum absolute atomic E-state index is 11.8. The van der Waals surface area contributed by atoms with Crippen LogP contribution in [-0.4, -0.2) is 40.6 Å². The minimum atomic E-state index is -1.85. The lowest BCUT2D eigenvalue weighted by Crippen LogP contribution is -2.48. The molecule has 1 atom stereocenters. The van der Waals surface area contributed by atoms with Crippen LogP contribution < -0.4 is 5.32 Å². The molecule has 0 saturated carbocycles. The van der Waals surface area contributed by atoms with Gasteiger partial charge in [0, 0.05) is 6.54 Å². The molecule has 0 bridgehead atoms. The summed E-state index contributed by atoms with van der Waals surface area (Å²) in [5.74, 6) is -0.272. The standard InChI is InChI=1S/C15H31NO3Si/c1-12(2)9-10-16-13(14(17)18-6)11-19-20(7,8)15(3,4)5/h9,13,16H,10-11H2,1-8H3. The van der Waals surface area contributed by atoms with Crippen molar-refractivity contribution in [2.75, 3.05) is 20.3 Å². The molecule has 0 aliphatic rings. The molecular weight excluding hydrogens is 270 g/mol. The van der Waals surface area contributed by atoms with Crippen LogP contribution in [0.15, 0.2) is 11.6 Å². The molecule has 0 fully saturated rings. The van der Waals surface area contributed by atoms with Crippen molar-refractivity contribution in [2.24, 2.45) is 0 Å². The smallest absolute Gasteiger partial charge is 0.325 e. The Bertz CT molecular complexity index is 342. The second-order valence-corrected chi connectivity index (χ2v) is 11.6. The van der Waals surface area contributed by atoms with E-state index in [0.717, 1.165) is 0 Å². The first-order valence-corrected chi connectivity index (χ1v) is 10.0. The SMILES string of the molecule is COC(=O)C(CO[Si](C)(C)C(C)(C)C)NCC=C(C)C. The first-order chi connectivity index (χ1) is 9.01. The van der Waals surface area contributed by atoms with Gasteiger partial charge in [-0.25, -0.2) is 0 Å². The summed E-state index contributed by atoms with van der Waals surface area (Å²) in [6.45, 7) is 16.0. The molecule has 5 heteroatoms. The quantitative estimate of drug-likeness (QED) is 0.446. The molecule has 1 N–H and O–H groups in total. The Morgan fingerprint density at radius 1 is 1.30 bits per heavy atom. The predicted molar refractivity (Wildman–Crippen MR) is 86.4 cm³/mol. The summed E-state index contributed by atoms with van der Waals surface area (Å²) in [4.78, 5) is 11.8. The van der Waals surface area contributed by atoms with E-state index >= 15 is 0 Å². The number of nitrogens with one attached hydrogen (secondary N) is 1. The van der Waals surface area contributed by atoms with Gasteiger partial charge < -0.3 is 9.16 Å². The number of ether oxygens (including phenoxy) is 1. The van der Waals surface area contributed by atoms with Crippen molar-refractivity contribution >= 4 is 14.3 Å². The third-order valence-electron chi connectivity index (χ3n) is 3.78. The molecule has 4 nitrogen and oxygen atoms in total. The number of esters is 1. The summed E-state index contributed by atoms with van der Waals surface area (Å²) in [5.41, 5.74) is 1.21. The largest absolute Gasteiger partial charge is 0.468 e. The van der Waals surface area contributed by atoms with E-state index in [1.807, 2.05) is 19.9 Å². The van der Waals surface area contributed by atoms with Gasteiger partial charge in [-0.05, 0) is 32.0 Å². The molecule has 0 rings (SSSR count). The molecule has 1 unspecified atom stereocenters. The highest BCUT2D eigenvalue weighted by molar-refractivity contribution is 6.74. The second kappa shape index (κ2) is 7.95. The zero-order chi connectivity index (χ0) is 16.0. The van der Waals surface area contributed by atoms with Crippen molar-refractivity contribution in [1.82, 2.24) is 5.32 Å². The van der Waals surface area contributed by atoms with Gasteiger partial charge in [0.1, 0.15) is 6.04 Å². The lowest BCUT2D eigenvalue weighted by atomic mass is 10.2. The Morgan fingerprint density at radius 3 is 2.25 bits per heavy atom. The van der Waals surface area contributed by atoms with Gasteiger partial charge in [-0.1, -0.05) is 32.4 Å². The molecule has 0 saturated heterocycles. The van der Waals surface area contributed by atoms with Gasteiger partial charge in [0.15, 0.2) is 8.32 Å². The summed E-state index contributed by atoms with van der Waals surface area (Å²) in [6, 6.07) is -0.412. The van der Waals surface area contributed by atoms with Gasteiger partial charge >= 0.3 is 5.97 Å². The number of methoxy groups -OCH3 is 1.